The van der Waals surface area contributed by atoms with Gasteiger partial charge in [0.2, 0.25) is 0 Å². The highest BCUT2D eigenvalue weighted by Gasteiger charge is 2.30. The zero-order valence-electron chi connectivity index (χ0n) is 20.3. The average molecular weight is 431 g/mol. The van der Waals surface area contributed by atoms with Crippen molar-refractivity contribution in [1.29, 1.82) is 0 Å². The Morgan fingerprint density at radius 3 is 1.88 bits per heavy atom. The van der Waals surface area contributed by atoms with Gasteiger partial charge in [-0.25, -0.2) is 0 Å². The van der Waals surface area contributed by atoms with Crippen LogP contribution in [0, 0.1) is 17.8 Å². The molecule has 0 spiro atoms. The second kappa shape index (κ2) is 11.8. The summed E-state index contributed by atoms with van der Waals surface area (Å²) in [7, 11) is 0. The molecule has 0 saturated heterocycles. The zero-order chi connectivity index (χ0) is 22.2. The van der Waals surface area contributed by atoms with Gasteiger partial charge in [0.15, 0.2) is 0 Å². The van der Waals surface area contributed by atoms with Crippen molar-refractivity contribution < 1.29 is 4.74 Å². The summed E-state index contributed by atoms with van der Waals surface area (Å²) < 4.78 is 5.66. The fourth-order valence-corrected chi connectivity index (χ4v) is 6.08. The van der Waals surface area contributed by atoms with Crippen molar-refractivity contribution in [3.05, 3.63) is 71.8 Å². The van der Waals surface area contributed by atoms with Crippen molar-refractivity contribution in [1.82, 2.24) is 0 Å². The molecule has 0 N–H and O–H groups in total. The van der Waals surface area contributed by atoms with Gasteiger partial charge in [-0.3, -0.25) is 0 Å². The van der Waals surface area contributed by atoms with Crippen LogP contribution in [-0.4, -0.2) is 6.61 Å². The average Bonchev–Trinajstić information content (AvgIpc) is 2.86. The first-order valence-electron chi connectivity index (χ1n) is 13.2. The van der Waals surface area contributed by atoms with E-state index in [-0.39, 0.29) is 0 Å². The Kier molecular flexibility index (Phi) is 8.62. The normalized spacial score (nSPS) is 26.4. The molecule has 0 aromatic heterocycles. The van der Waals surface area contributed by atoms with Gasteiger partial charge in [-0.15, -0.1) is 0 Å². The summed E-state index contributed by atoms with van der Waals surface area (Å²) in [5, 5.41) is 0. The Bertz CT molecular complexity index is 816. The molecule has 1 heteroatoms. The molecule has 4 rings (SSSR count). The Labute approximate surface area is 196 Å². The van der Waals surface area contributed by atoms with Gasteiger partial charge in [0, 0.05) is 6.61 Å². The highest BCUT2D eigenvalue weighted by Crippen LogP contribution is 2.44. The molecule has 0 amide bonds. The maximum Gasteiger partial charge on any atom is 0.0716 e. The van der Waals surface area contributed by atoms with Gasteiger partial charge < -0.3 is 4.74 Å². The third-order valence-corrected chi connectivity index (χ3v) is 8.01. The molecule has 0 aliphatic heterocycles. The van der Waals surface area contributed by atoms with Gasteiger partial charge in [-0.2, -0.15) is 0 Å². The van der Waals surface area contributed by atoms with E-state index in [1.807, 2.05) is 0 Å². The van der Waals surface area contributed by atoms with Crippen molar-refractivity contribution in [3.8, 4) is 11.1 Å². The summed E-state index contributed by atoms with van der Waals surface area (Å²) in [6.45, 7) is 5.87. The first-order valence-corrected chi connectivity index (χ1v) is 13.2. The van der Waals surface area contributed by atoms with E-state index in [4.69, 9.17) is 4.74 Å². The van der Waals surface area contributed by atoms with Crippen molar-refractivity contribution in [2.45, 2.75) is 84.2 Å². The molecular weight excluding hydrogens is 388 g/mol. The molecule has 0 atom stereocenters. The summed E-state index contributed by atoms with van der Waals surface area (Å²) in [5.41, 5.74) is 5.42. The van der Waals surface area contributed by atoms with Crippen LogP contribution in [0.5, 0.6) is 0 Å². The molecule has 0 heterocycles. The molecule has 32 heavy (non-hydrogen) atoms. The number of rotatable bonds is 8. The highest BCUT2D eigenvalue weighted by atomic mass is 16.5. The van der Waals surface area contributed by atoms with E-state index in [0.29, 0.717) is 6.61 Å². The van der Waals surface area contributed by atoms with E-state index >= 15 is 0 Å². The predicted molar refractivity (Wildman–Crippen MR) is 137 cm³/mol. The lowest BCUT2D eigenvalue weighted by atomic mass is 9.68. The summed E-state index contributed by atoms with van der Waals surface area (Å²) in [6.07, 6.45) is 17.2. The van der Waals surface area contributed by atoms with Gasteiger partial charge in [-0.05, 0) is 111 Å². The second-order valence-electron chi connectivity index (χ2n) is 10.2. The molecule has 2 aromatic rings. The summed E-state index contributed by atoms with van der Waals surface area (Å²) in [4.78, 5) is 0. The Hall–Kier alpha value is -1.86. The van der Waals surface area contributed by atoms with Gasteiger partial charge in [0.1, 0.15) is 0 Å². The first-order chi connectivity index (χ1) is 15.8. The van der Waals surface area contributed by atoms with E-state index in [2.05, 4.69) is 74.5 Å². The number of hydrogen-bond donors (Lipinski definition) is 0. The minimum atomic E-state index is 0.715. The standard InChI is InChI=1S/C31H42O/c1-3-5-24-6-10-26(11-7-24)28-14-18-30(19-15-28)31-20-16-29(17-21-31)27-12-8-25(9-13-27)23-32-22-4-2/h3,5,8-9,12-13,16-17,20-21,24,26,28,30H,4,6-7,10-11,14-15,18-19,22-23H2,1-2H3. The second-order valence-corrected chi connectivity index (χ2v) is 10.2. The quantitative estimate of drug-likeness (QED) is 0.300. The number of allylic oxidation sites excluding steroid dienone is 2. The zero-order valence-corrected chi connectivity index (χ0v) is 20.3. The molecule has 2 aliphatic rings. The van der Waals surface area contributed by atoms with Crippen LogP contribution in [0.3, 0.4) is 0 Å². The van der Waals surface area contributed by atoms with Crippen molar-refractivity contribution in [3.63, 3.8) is 0 Å². The van der Waals surface area contributed by atoms with Gasteiger partial charge >= 0.3 is 0 Å². The summed E-state index contributed by atoms with van der Waals surface area (Å²) in [6, 6.07) is 18.3. The molecule has 2 aromatic carbocycles. The van der Waals surface area contributed by atoms with E-state index in [1.54, 1.807) is 5.56 Å². The van der Waals surface area contributed by atoms with Crippen molar-refractivity contribution in [2.75, 3.05) is 6.61 Å². The van der Waals surface area contributed by atoms with Crippen LogP contribution in [-0.2, 0) is 11.3 Å². The molecule has 2 saturated carbocycles. The molecule has 0 bridgehead atoms. The lowest BCUT2D eigenvalue weighted by molar-refractivity contribution is 0.121. The third-order valence-electron chi connectivity index (χ3n) is 8.01. The fraction of sp³-hybridized carbons (Fsp3) is 0.548. The monoisotopic (exact) mass is 430 g/mol. The molecule has 0 radical (unpaired) electrons. The van der Waals surface area contributed by atoms with Gasteiger partial charge in [0.05, 0.1) is 6.61 Å². The topological polar surface area (TPSA) is 9.23 Å². The smallest absolute Gasteiger partial charge is 0.0716 e. The maximum atomic E-state index is 5.66. The van der Waals surface area contributed by atoms with Gasteiger partial charge in [0.25, 0.3) is 0 Å². The molecule has 2 fully saturated rings. The summed E-state index contributed by atoms with van der Waals surface area (Å²) >= 11 is 0. The lowest BCUT2D eigenvalue weighted by Gasteiger charge is -2.37. The lowest BCUT2D eigenvalue weighted by Crippen LogP contribution is -2.25. The van der Waals surface area contributed by atoms with Crippen molar-refractivity contribution >= 4 is 0 Å². The Morgan fingerprint density at radius 2 is 1.31 bits per heavy atom. The van der Waals surface area contributed by atoms with E-state index in [9.17, 15) is 0 Å². The summed E-state index contributed by atoms with van der Waals surface area (Å²) in [5.74, 6) is 3.60. The van der Waals surface area contributed by atoms with Crippen LogP contribution in [0.2, 0.25) is 0 Å². The van der Waals surface area contributed by atoms with Crippen LogP contribution in [0.4, 0.5) is 0 Å². The van der Waals surface area contributed by atoms with E-state index in [0.717, 1.165) is 36.7 Å². The largest absolute Gasteiger partial charge is 0.377 e. The third kappa shape index (κ3) is 6.13. The van der Waals surface area contributed by atoms with Crippen LogP contribution < -0.4 is 0 Å². The van der Waals surface area contributed by atoms with E-state index in [1.165, 1.54) is 68.1 Å². The maximum absolute atomic E-state index is 5.66. The number of hydrogen-bond acceptors (Lipinski definition) is 1. The number of ether oxygens (including phenoxy) is 1. The Morgan fingerprint density at radius 1 is 0.750 bits per heavy atom. The molecule has 0 unspecified atom stereocenters. The molecule has 1 nitrogen and oxygen atoms in total. The van der Waals surface area contributed by atoms with Crippen LogP contribution in [0.25, 0.3) is 11.1 Å². The van der Waals surface area contributed by atoms with Crippen LogP contribution in [0.1, 0.15) is 88.7 Å². The molecule has 2 aliphatic carbocycles. The SMILES string of the molecule is CC=CC1CCC(C2CCC(c3ccc(-c4ccc(COCCC)cc4)cc3)CC2)CC1. The minimum absolute atomic E-state index is 0.715. The minimum Gasteiger partial charge on any atom is -0.377 e. The number of benzene rings is 2. The fourth-order valence-electron chi connectivity index (χ4n) is 6.08. The van der Waals surface area contributed by atoms with Gasteiger partial charge in [-0.1, -0.05) is 67.6 Å². The predicted octanol–water partition coefficient (Wildman–Crippen LogP) is 8.94. The molecule has 172 valence electrons. The molecular formula is C31H42O. The highest BCUT2D eigenvalue weighted by molar-refractivity contribution is 5.64. The van der Waals surface area contributed by atoms with Crippen LogP contribution >= 0.6 is 0 Å². The van der Waals surface area contributed by atoms with E-state index < -0.39 is 0 Å². The van der Waals surface area contributed by atoms with Crippen LogP contribution in [0.15, 0.2) is 60.7 Å². The van der Waals surface area contributed by atoms with Crippen molar-refractivity contribution in [2.24, 2.45) is 17.8 Å². The Balaban J connectivity index is 1.27. The first kappa shape index (κ1) is 23.3.